The van der Waals surface area contributed by atoms with Crippen molar-refractivity contribution in [2.24, 2.45) is 5.73 Å². The normalized spacial score (nSPS) is 10.6. The van der Waals surface area contributed by atoms with E-state index in [0.717, 1.165) is 12.3 Å². The summed E-state index contributed by atoms with van der Waals surface area (Å²) < 4.78 is 26.3. The summed E-state index contributed by atoms with van der Waals surface area (Å²) in [6, 6.07) is 0.785. The molecule has 0 saturated heterocycles. The zero-order valence-corrected chi connectivity index (χ0v) is 9.87. The van der Waals surface area contributed by atoms with Crippen molar-refractivity contribution in [2.75, 3.05) is 11.4 Å². The lowest BCUT2D eigenvalue weighted by molar-refractivity contribution is 0.558. The SMILES string of the molecule is CC(C)N(CCC(=N)N)c1ncc(F)cc1F. The Balaban J connectivity index is 2.93. The van der Waals surface area contributed by atoms with Crippen LogP contribution in [0.5, 0.6) is 0 Å². The molecule has 0 aromatic carbocycles. The monoisotopic (exact) mass is 242 g/mol. The Bertz CT molecular complexity index is 406. The molecule has 0 saturated carbocycles. The molecule has 1 heterocycles. The minimum Gasteiger partial charge on any atom is -0.388 e. The second-order valence-corrected chi connectivity index (χ2v) is 4.02. The number of nitrogens with two attached hydrogens (primary N) is 1. The first-order chi connectivity index (χ1) is 7.91. The molecule has 94 valence electrons. The molecule has 0 aliphatic heterocycles. The van der Waals surface area contributed by atoms with E-state index in [2.05, 4.69) is 4.98 Å². The zero-order chi connectivity index (χ0) is 13.0. The van der Waals surface area contributed by atoms with Crippen LogP contribution in [0.1, 0.15) is 20.3 Å². The molecule has 17 heavy (non-hydrogen) atoms. The maximum absolute atomic E-state index is 13.6. The topological polar surface area (TPSA) is 66.0 Å². The van der Waals surface area contributed by atoms with Gasteiger partial charge in [0.05, 0.1) is 12.0 Å². The number of rotatable bonds is 5. The standard InChI is InChI=1S/C11H16F2N4/c1-7(2)17(4-3-10(14)15)11-9(13)5-8(12)6-16-11/h5-7H,3-4H2,1-2H3,(H3,14,15). The molecule has 4 nitrogen and oxygen atoms in total. The van der Waals surface area contributed by atoms with Gasteiger partial charge in [-0.15, -0.1) is 0 Å². The Morgan fingerprint density at radius 2 is 2.18 bits per heavy atom. The van der Waals surface area contributed by atoms with Gasteiger partial charge in [0.25, 0.3) is 0 Å². The Morgan fingerprint density at radius 3 is 2.65 bits per heavy atom. The van der Waals surface area contributed by atoms with E-state index in [0.29, 0.717) is 13.0 Å². The molecule has 0 aliphatic rings. The third kappa shape index (κ3) is 3.65. The van der Waals surface area contributed by atoms with Crippen LogP contribution in [0.3, 0.4) is 0 Å². The first-order valence-electron chi connectivity index (χ1n) is 5.32. The van der Waals surface area contributed by atoms with Gasteiger partial charge in [-0.1, -0.05) is 0 Å². The number of hydrogen-bond acceptors (Lipinski definition) is 3. The van der Waals surface area contributed by atoms with Gasteiger partial charge in [-0.2, -0.15) is 0 Å². The molecule has 0 amide bonds. The Morgan fingerprint density at radius 1 is 1.53 bits per heavy atom. The van der Waals surface area contributed by atoms with Crippen molar-refractivity contribution in [1.82, 2.24) is 4.98 Å². The van der Waals surface area contributed by atoms with E-state index >= 15 is 0 Å². The fourth-order valence-electron chi connectivity index (χ4n) is 1.47. The fourth-order valence-corrected chi connectivity index (χ4v) is 1.47. The van der Waals surface area contributed by atoms with Crippen LogP contribution in [0.15, 0.2) is 12.3 Å². The van der Waals surface area contributed by atoms with Crippen LogP contribution in [0, 0.1) is 17.0 Å². The van der Waals surface area contributed by atoms with Crippen LogP contribution in [0.25, 0.3) is 0 Å². The van der Waals surface area contributed by atoms with Crippen LogP contribution >= 0.6 is 0 Å². The highest BCUT2D eigenvalue weighted by atomic mass is 19.1. The lowest BCUT2D eigenvalue weighted by atomic mass is 10.2. The zero-order valence-electron chi connectivity index (χ0n) is 9.87. The van der Waals surface area contributed by atoms with Crippen LogP contribution in [0.4, 0.5) is 14.6 Å². The number of anilines is 1. The molecule has 1 rings (SSSR count). The lowest BCUT2D eigenvalue weighted by Gasteiger charge is -2.27. The molecule has 0 spiro atoms. The van der Waals surface area contributed by atoms with Gasteiger partial charge in [-0.25, -0.2) is 13.8 Å². The fraction of sp³-hybridized carbons (Fsp3) is 0.455. The third-order valence-electron chi connectivity index (χ3n) is 2.31. The van der Waals surface area contributed by atoms with Crippen LogP contribution in [0.2, 0.25) is 0 Å². The van der Waals surface area contributed by atoms with Gasteiger partial charge >= 0.3 is 0 Å². The summed E-state index contributed by atoms with van der Waals surface area (Å²) in [5, 5.41) is 7.16. The summed E-state index contributed by atoms with van der Waals surface area (Å²) in [6.07, 6.45) is 1.29. The average Bonchev–Trinajstić information content (AvgIpc) is 2.20. The number of halogens is 2. The Kier molecular flexibility index (Phi) is 4.37. The van der Waals surface area contributed by atoms with Gasteiger partial charge < -0.3 is 10.6 Å². The highest BCUT2D eigenvalue weighted by Gasteiger charge is 2.17. The summed E-state index contributed by atoms with van der Waals surface area (Å²) in [7, 11) is 0. The molecule has 1 aromatic rings. The van der Waals surface area contributed by atoms with Crippen LogP contribution in [-0.4, -0.2) is 23.4 Å². The minimum atomic E-state index is -0.707. The van der Waals surface area contributed by atoms with Gasteiger partial charge in [-0.3, -0.25) is 5.41 Å². The quantitative estimate of drug-likeness (QED) is 0.612. The van der Waals surface area contributed by atoms with Crippen molar-refractivity contribution in [3.05, 3.63) is 23.9 Å². The van der Waals surface area contributed by atoms with E-state index in [9.17, 15) is 8.78 Å². The highest BCUT2D eigenvalue weighted by molar-refractivity contribution is 5.77. The molecule has 0 aliphatic carbocycles. The number of amidine groups is 1. The summed E-state index contributed by atoms with van der Waals surface area (Å²) in [4.78, 5) is 5.39. The van der Waals surface area contributed by atoms with Gasteiger partial charge in [0.2, 0.25) is 0 Å². The molecule has 0 atom stereocenters. The van der Waals surface area contributed by atoms with Gasteiger partial charge in [0.1, 0.15) is 5.82 Å². The van der Waals surface area contributed by atoms with E-state index in [1.165, 1.54) is 0 Å². The second-order valence-electron chi connectivity index (χ2n) is 4.02. The average molecular weight is 242 g/mol. The molecule has 0 fully saturated rings. The number of pyridine rings is 1. The van der Waals surface area contributed by atoms with Crippen molar-refractivity contribution < 1.29 is 8.78 Å². The van der Waals surface area contributed by atoms with E-state index < -0.39 is 11.6 Å². The number of hydrogen-bond donors (Lipinski definition) is 2. The predicted molar refractivity (Wildman–Crippen MR) is 63.2 cm³/mol. The summed E-state index contributed by atoms with van der Waals surface area (Å²) in [5.41, 5.74) is 5.26. The van der Waals surface area contributed by atoms with E-state index in [4.69, 9.17) is 11.1 Å². The third-order valence-corrected chi connectivity index (χ3v) is 2.31. The van der Waals surface area contributed by atoms with Crippen molar-refractivity contribution in [3.8, 4) is 0 Å². The largest absolute Gasteiger partial charge is 0.388 e. The smallest absolute Gasteiger partial charge is 0.168 e. The van der Waals surface area contributed by atoms with Gasteiger partial charge in [0.15, 0.2) is 11.6 Å². The summed E-state index contributed by atoms with van der Waals surface area (Å²) in [5.74, 6) is -1.30. The molecule has 1 aromatic heterocycles. The van der Waals surface area contributed by atoms with E-state index in [1.807, 2.05) is 13.8 Å². The second kappa shape index (κ2) is 5.56. The Labute approximate surface area is 99.0 Å². The molecule has 0 bridgehead atoms. The van der Waals surface area contributed by atoms with Gasteiger partial charge in [0, 0.05) is 25.1 Å². The highest BCUT2D eigenvalue weighted by Crippen LogP contribution is 2.19. The molecule has 0 unspecified atom stereocenters. The molecule has 0 radical (unpaired) electrons. The number of nitrogens with zero attached hydrogens (tertiary/aromatic N) is 2. The molecule has 3 N–H and O–H groups in total. The first-order valence-corrected chi connectivity index (χ1v) is 5.32. The molecular formula is C11H16F2N4. The van der Waals surface area contributed by atoms with E-state index in [1.54, 1.807) is 4.90 Å². The van der Waals surface area contributed by atoms with Crippen molar-refractivity contribution in [3.63, 3.8) is 0 Å². The van der Waals surface area contributed by atoms with Crippen molar-refractivity contribution in [1.29, 1.82) is 5.41 Å². The minimum absolute atomic E-state index is 0.0122. The lowest BCUT2D eigenvalue weighted by Crippen LogP contribution is -2.35. The molecule has 6 heteroatoms. The maximum atomic E-state index is 13.6. The van der Waals surface area contributed by atoms with Gasteiger partial charge in [-0.05, 0) is 13.8 Å². The predicted octanol–water partition coefficient (Wildman–Crippen LogP) is 1.90. The summed E-state index contributed by atoms with van der Waals surface area (Å²) >= 11 is 0. The van der Waals surface area contributed by atoms with Crippen LogP contribution < -0.4 is 10.6 Å². The summed E-state index contributed by atoms with van der Waals surface area (Å²) in [6.45, 7) is 4.11. The van der Waals surface area contributed by atoms with E-state index in [-0.39, 0.29) is 17.7 Å². The molecular weight excluding hydrogens is 226 g/mol. The Hall–Kier alpha value is -1.72. The number of nitrogens with one attached hydrogen (secondary N) is 1. The van der Waals surface area contributed by atoms with Crippen molar-refractivity contribution >= 4 is 11.7 Å². The van der Waals surface area contributed by atoms with Crippen molar-refractivity contribution in [2.45, 2.75) is 26.3 Å². The first kappa shape index (κ1) is 13.3. The number of aromatic nitrogens is 1. The van der Waals surface area contributed by atoms with Crippen LogP contribution in [-0.2, 0) is 0 Å². The maximum Gasteiger partial charge on any atom is 0.168 e.